The molecule has 3 aromatic heterocycles. The van der Waals surface area contributed by atoms with Gasteiger partial charge in [0.05, 0.1) is 11.7 Å². The van der Waals surface area contributed by atoms with Crippen LogP contribution < -0.4 is 10.9 Å². The number of imidazole rings is 1. The summed E-state index contributed by atoms with van der Waals surface area (Å²) in [6, 6.07) is 10.9. The molecule has 0 spiro atoms. The van der Waals surface area contributed by atoms with Crippen LogP contribution in [0, 0.1) is 0 Å². The highest BCUT2D eigenvalue weighted by atomic mass is 32.1. The van der Waals surface area contributed by atoms with Gasteiger partial charge in [-0.2, -0.15) is 0 Å². The molecule has 0 saturated carbocycles. The molecule has 0 aliphatic carbocycles. The van der Waals surface area contributed by atoms with E-state index < -0.39 is 6.04 Å². The fraction of sp³-hybridized carbons (Fsp3) is 0.158. The lowest BCUT2D eigenvalue weighted by Crippen LogP contribution is -2.36. The van der Waals surface area contributed by atoms with Gasteiger partial charge in [-0.05, 0) is 17.0 Å². The topological polar surface area (TPSA) is 81.8 Å². The molecule has 1 aromatic carbocycles. The standard InChI is InChI=1S/C19H17N5O2S/c1-23-9-8-20-17(23)16(13-5-3-2-4-6-13)22-15(25)11-24-12-21-18-14(19(24)26)7-10-27-18/h2-10,12,16H,11H2,1H3,(H,22,25)/t16-/m0/s1. The lowest BCUT2D eigenvalue weighted by molar-refractivity contribution is -0.122. The van der Waals surface area contributed by atoms with Crippen LogP contribution in [0.1, 0.15) is 17.4 Å². The minimum absolute atomic E-state index is 0.106. The van der Waals surface area contributed by atoms with E-state index >= 15 is 0 Å². The van der Waals surface area contributed by atoms with Gasteiger partial charge in [0.2, 0.25) is 5.91 Å². The average Bonchev–Trinajstić information content (AvgIpc) is 3.32. The number of carbonyl (C=O) groups is 1. The van der Waals surface area contributed by atoms with Crippen molar-refractivity contribution in [3.05, 3.63) is 82.2 Å². The zero-order valence-corrected chi connectivity index (χ0v) is 15.4. The van der Waals surface area contributed by atoms with E-state index in [0.29, 0.717) is 16.0 Å². The summed E-state index contributed by atoms with van der Waals surface area (Å²) in [4.78, 5) is 34.5. The summed E-state index contributed by atoms with van der Waals surface area (Å²) < 4.78 is 3.19. The molecule has 1 atom stereocenters. The zero-order valence-electron chi connectivity index (χ0n) is 14.6. The summed E-state index contributed by atoms with van der Waals surface area (Å²) in [7, 11) is 1.88. The van der Waals surface area contributed by atoms with Gasteiger partial charge in [-0.3, -0.25) is 14.2 Å². The molecule has 27 heavy (non-hydrogen) atoms. The largest absolute Gasteiger partial charge is 0.341 e. The molecule has 4 rings (SSSR count). The third-order valence-electron chi connectivity index (χ3n) is 4.32. The number of fused-ring (bicyclic) bond motifs is 1. The Balaban J connectivity index is 1.61. The van der Waals surface area contributed by atoms with Crippen LogP contribution in [0.15, 0.2) is 65.3 Å². The number of aromatic nitrogens is 4. The predicted molar refractivity (Wildman–Crippen MR) is 104 cm³/mol. The molecule has 3 heterocycles. The minimum Gasteiger partial charge on any atom is -0.341 e. The summed E-state index contributed by atoms with van der Waals surface area (Å²) in [5.41, 5.74) is 0.698. The van der Waals surface area contributed by atoms with E-state index in [4.69, 9.17) is 0 Å². The third-order valence-corrected chi connectivity index (χ3v) is 5.14. The van der Waals surface area contributed by atoms with E-state index in [1.165, 1.54) is 22.2 Å². The smallest absolute Gasteiger partial charge is 0.262 e. The summed E-state index contributed by atoms with van der Waals surface area (Å²) >= 11 is 1.40. The highest BCUT2D eigenvalue weighted by Gasteiger charge is 2.21. The van der Waals surface area contributed by atoms with E-state index in [-0.39, 0.29) is 18.0 Å². The molecule has 0 unspecified atom stereocenters. The second-order valence-corrected chi connectivity index (χ2v) is 7.02. The SMILES string of the molecule is Cn1ccnc1[C@@H](NC(=O)Cn1cnc2sccc2c1=O)c1ccccc1. The molecule has 136 valence electrons. The van der Waals surface area contributed by atoms with Crippen molar-refractivity contribution in [2.24, 2.45) is 7.05 Å². The lowest BCUT2D eigenvalue weighted by Gasteiger charge is -2.19. The normalized spacial score (nSPS) is 12.2. The maximum absolute atomic E-state index is 12.7. The van der Waals surface area contributed by atoms with E-state index in [1.807, 2.05) is 53.5 Å². The molecule has 1 N–H and O–H groups in total. The number of hydrogen-bond donors (Lipinski definition) is 1. The van der Waals surface area contributed by atoms with Gasteiger partial charge < -0.3 is 9.88 Å². The van der Waals surface area contributed by atoms with Crippen molar-refractivity contribution in [2.75, 3.05) is 0 Å². The van der Waals surface area contributed by atoms with E-state index in [2.05, 4.69) is 15.3 Å². The molecule has 7 nitrogen and oxygen atoms in total. The van der Waals surface area contributed by atoms with Crippen LogP contribution in [0.4, 0.5) is 0 Å². The van der Waals surface area contributed by atoms with Gasteiger partial charge in [0.1, 0.15) is 23.2 Å². The first-order valence-corrected chi connectivity index (χ1v) is 9.25. The molecule has 1 amide bonds. The lowest BCUT2D eigenvalue weighted by atomic mass is 10.1. The fourth-order valence-electron chi connectivity index (χ4n) is 2.97. The van der Waals surface area contributed by atoms with Crippen LogP contribution in [-0.4, -0.2) is 25.0 Å². The van der Waals surface area contributed by atoms with E-state index in [0.717, 1.165) is 5.56 Å². The maximum atomic E-state index is 12.7. The molecule has 0 aliphatic rings. The number of rotatable bonds is 5. The Morgan fingerprint density at radius 1 is 1.22 bits per heavy atom. The first kappa shape index (κ1) is 17.2. The number of carbonyl (C=O) groups excluding carboxylic acids is 1. The molecule has 0 fully saturated rings. The molecular formula is C19H17N5O2S. The molecular weight excluding hydrogens is 362 g/mol. The number of nitrogens with zero attached hydrogens (tertiary/aromatic N) is 4. The Hall–Kier alpha value is -3.26. The van der Waals surface area contributed by atoms with Crippen molar-refractivity contribution in [1.29, 1.82) is 0 Å². The molecule has 0 aliphatic heterocycles. The monoisotopic (exact) mass is 379 g/mol. The molecule has 0 radical (unpaired) electrons. The van der Waals surface area contributed by atoms with Gasteiger partial charge in [-0.25, -0.2) is 9.97 Å². The van der Waals surface area contributed by atoms with Crippen molar-refractivity contribution in [2.45, 2.75) is 12.6 Å². The number of benzene rings is 1. The molecule has 8 heteroatoms. The van der Waals surface area contributed by atoms with Crippen LogP contribution in [0.5, 0.6) is 0 Å². The first-order valence-electron chi connectivity index (χ1n) is 8.37. The minimum atomic E-state index is -0.410. The third kappa shape index (κ3) is 3.39. The average molecular weight is 379 g/mol. The number of nitrogens with one attached hydrogen (secondary N) is 1. The number of aryl methyl sites for hydroxylation is 1. The summed E-state index contributed by atoms with van der Waals surface area (Å²) in [6.07, 6.45) is 4.94. The molecule has 0 saturated heterocycles. The van der Waals surface area contributed by atoms with Crippen molar-refractivity contribution in [1.82, 2.24) is 24.4 Å². The highest BCUT2D eigenvalue weighted by molar-refractivity contribution is 7.16. The summed E-state index contributed by atoms with van der Waals surface area (Å²) in [5, 5.41) is 5.33. The quantitative estimate of drug-likeness (QED) is 0.576. The van der Waals surface area contributed by atoms with Crippen molar-refractivity contribution in [3.8, 4) is 0 Å². The Morgan fingerprint density at radius 3 is 2.78 bits per heavy atom. The Labute approximate surface area is 158 Å². The van der Waals surface area contributed by atoms with Gasteiger partial charge >= 0.3 is 0 Å². The van der Waals surface area contributed by atoms with Gasteiger partial charge in [0, 0.05) is 19.4 Å². The van der Waals surface area contributed by atoms with Gasteiger partial charge in [0.15, 0.2) is 0 Å². The number of hydrogen-bond acceptors (Lipinski definition) is 5. The van der Waals surface area contributed by atoms with E-state index in [9.17, 15) is 9.59 Å². The van der Waals surface area contributed by atoms with Crippen LogP contribution >= 0.6 is 11.3 Å². The summed E-state index contributed by atoms with van der Waals surface area (Å²) in [5.74, 6) is 0.429. The second-order valence-electron chi connectivity index (χ2n) is 6.12. The van der Waals surface area contributed by atoms with Gasteiger partial charge in [-0.1, -0.05) is 30.3 Å². The van der Waals surface area contributed by atoms with E-state index in [1.54, 1.807) is 12.3 Å². The second kappa shape index (κ2) is 7.16. The number of thiophene rings is 1. The Bertz CT molecular complexity index is 1150. The van der Waals surface area contributed by atoms with Crippen LogP contribution in [0.25, 0.3) is 10.2 Å². The predicted octanol–water partition coefficient (Wildman–Crippen LogP) is 2.10. The van der Waals surface area contributed by atoms with Crippen LogP contribution in [0.3, 0.4) is 0 Å². The molecule has 0 bridgehead atoms. The summed E-state index contributed by atoms with van der Waals surface area (Å²) in [6.45, 7) is -0.106. The molecule has 4 aromatic rings. The Kier molecular flexibility index (Phi) is 4.55. The fourth-order valence-corrected chi connectivity index (χ4v) is 3.69. The van der Waals surface area contributed by atoms with Crippen molar-refractivity contribution < 1.29 is 4.79 Å². The van der Waals surface area contributed by atoms with Crippen LogP contribution in [0.2, 0.25) is 0 Å². The van der Waals surface area contributed by atoms with Crippen molar-refractivity contribution >= 4 is 27.5 Å². The Morgan fingerprint density at radius 2 is 2.04 bits per heavy atom. The number of amides is 1. The zero-order chi connectivity index (χ0) is 18.8. The first-order chi connectivity index (χ1) is 13.1. The van der Waals surface area contributed by atoms with Gasteiger partial charge in [0.25, 0.3) is 5.56 Å². The highest BCUT2D eigenvalue weighted by Crippen LogP contribution is 2.20. The van der Waals surface area contributed by atoms with Gasteiger partial charge in [-0.15, -0.1) is 11.3 Å². The van der Waals surface area contributed by atoms with Crippen molar-refractivity contribution in [3.63, 3.8) is 0 Å². The van der Waals surface area contributed by atoms with Crippen LogP contribution in [-0.2, 0) is 18.4 Å². The maximum Gasteiger partial charge on any atom is 0.262 e.